The highest BCUT2D eigenvalue weighted by atomic mass is 16.6. The summed E-state index contributed by atoms with van der Waals surface area (Å²) >= 11 is 0. The van der Waals surface area contributed by atoms with Crippen LogP contribution in [-0.2, 0) is 10.3 Å². The second-order valence-electron chi connectivity index (χ2n) is 8.25. The van der Waals surface area contributed by atoms with Crippen LogP contribution in [0.25, 0.3) is 0 Å². The molecule has 27 heavy (non-hydrogen) atoms. The molecule has 1 fully saturated rings. The van der Waals surface area contributed by atoms with Crippen molar-refractivity contribution in [2.24, 2.45) is 0 Å². The van der Waals surface area contributed by atoms with Crippen LogP contribution < -0.4 is 5.46 Å². The standard InChI is InChI=1S/C22H28BNO3/c1-16(17-9-11-19(23)12-10-17)24-14-13-22(27-20(24)25,15-21(2,3)26)18-7-5-4-6-8-18/h4-12,16,26H,13-15,23H2,1-3H3/t16-,22?/m0/s1. The highest BCUT2D eigenvalue weighted by molar-refractivity contribution is 6.32. The SMILES string of the molecule is Bc1ccc([C@H](C)N2CCC(CC(C)(C)O)(c3ccccc3)OC2=O)cc1. The maximum Gasteiger partial charge on any atom is 0.411 e. The first-order chi connectivity index (χ1) is 12.7. The van der Waals surface area contributed by atoms with Gasteiger partial charge in [-0.3, -0.25) is 0 Å². The maximum absolute atomic E-state index is 13.0. The van der Waals surface area contributed by atoms with Crippen LogP contribution in [0.3, 0.4) is 0 Å². The summed E-state index contributed by atoms with van der Waals surface area (Å²) in [6.45, 7) is 6.12. The van der Waals surface area contributed by atoms with Gasteiger partial charge in [0.25, 0.3) is 0 Å². The van der Waals surface area contributed by atoms with E-state index in [1.54, 1.807) is 18.7 Å². The molecular formula is C22H28BNO3. The molecule has 0 bridgehead atoms. The molecule has 1 heterocycles. The van der Waals surface area contributed by atoms with Crippen LogP contribution >= 0.6 is 0 Å². The van der Waals surface area contributed by atoms with E-state index >= 15 is 0 Å². The summed E-state index contributed by atoms with van der Waals surface area (Å²) in [7, 11) is 2.05. The molecule has 2 atom stereocenters. The van der Waals surface area contributed by atoms with E-state index in [1.165, 1.54) is 5.46 Å². The summed E-state index contributed by atoms with van der Waals surface area (Å²) < 4.78 is 6.04. The van der Waals surface area contributed by atoms with E-state index in [0.717, 1.165) is 11.1 Å². The van der Waals surface area contributed by atoms with Crippen molar-refractivity contribution in [2.75, 3.05) is 6.54 Å². The van der Waals surface area contributed by atoms with Crippen molar-refractivity contribution >= 4 is 19.4 Å². The van der Waals surface area contributed by atoms with E-state index in [1.807, 2.05) is 37.3 Å². The van der Waals surface area contributed by atoms with E-state index < -0.39 is 11.2 Å². The first kappa shape index (κ1) is 19.5. The number of ether oxygens (including phenoxy) is 1. The summed E-state index contributed by atoms with van der Waals surface area (Å²) in [6, 6.07) is 17.9. The zero-order valence-corrected chi connectivity index (χ0v) is 16.6. The highest BCUT2D eigenvalue weighted by Gasteiger charge is 2.46. The van der Waals surface area contributed by atoms with Crippen LogP contribution in [0.4, 0.5) is 4.79 Å². The Morgan fingerprint density at radius 3 is 2.37 bits per heavy atom. The molecule has 3 rings (SSSR count). The Labute approximate surface area is 162 Å². The molecule has 2 aromatic carbocycles. The molecule has 0 saturated carbocycles. The van der Waals surface area contributed by atoms with E-state index in [2.05, 4.69) is 32.1 Å². The third kappa shape index (κ3) is 4.36. The van der Waals surface area contributed by atoms with Gasteiger partial charge in [-0.2, -0.15) is 0 Å². The number of carbonyl (C=O) groups excluding carboxylic acids is 1. The number of nitrogens with zero attached hydrogens (tertiary/aromatic N) is 1. The van der Waals surface area contributed by atoms with E-state index in [-0.39, 0.29) is 12.1 Å². The molecule has 1 N–H and O–H groups in total. The average Bonchev–Trinajstić information content (AvgIpc) is 2.61. The number of hydrogen-bond donors (Lipinski definition) is 1. The van der Waals surface area contributed by atoms with Crippen LogP contribution in [0.15, 0.2) is 54.6 Å². The van der Waals surface area contributed by atoms with Gasteiger partial charge in [0.2, 0.25) is 0 Å². The van der Waals surface area contributed by atoms with E-state index in [9.17, 15) is 9.90 Å². The topological polar surface area (TPSA) is 49.8 Å². The molecule has 1 aliphatic heterocycles. The summed E-state index contributed by atoms with van der Waals surface area (Å²) in [5, 5.41) is 10.5. The zero-order chi connectivity index (χ0) is 19.7. The predicted molar refractivity (Wildman–Crippen MR) is 110 cm³/mol. The monoisotopic (exact) mass is 365 g/mol. The quantitative estimate of drug-likeness (QED) is 0.829. The Morgan fingerprint density at radius 1 is 1.19 bits per heavy atom. The highest BCUT2D eigenvalue weighted by Crippen LogP contribution is 2.42. The van der Waals surface area contributed by atoms with Crippen molar-refractivity contribution in [2.45, 2.75) is 50.9 Å². The molecule has 142 valence electrons. The van der Waals surface area contributed by atoms with Gasteiger partial charge < -0.3 is 14.7 Å². The molecule has 1 aliphatic rings. The fourth-order valence-corrected chi connectivity index (χ4v) is 3.92. The van der Waals surface area contributed by atoms with E-state index in [4.69, 9.17) is 4.74 Å². The summed E-state index contributed by atoms with van der Waals surface area (Å²) in [4.78, 5) is 14.7. The van der Waals surface area contributed by atoms with Gasteiger partial charge in [-0.05, 0) is 31.9 Å². The van der Waals surface area contributed by atoms with Gasteiger partial charge in [-0.1, -0.05) is 60.1 Å². The molecule has 1 amide bonds. The first-order valence-corrected chi connectivity index (χ1v) is 9.54. The van der Waals surface area contributed by atoms with Gasteiger partial charge in [0.1, 0.15) is 13.4 Å². The molecule has 5 heteroatoms. The number of hydrogen-bond acceptors (Lipinski definition) is 3. The third-order valence-electron chi connectivity index (χ3n) is 5.32. The van der Waals surface area contributed by atoms with Crippen LogP contribution in [0, 0.1) is 0 Å². The van der Waals surface area contributed by atoms with Crippen LogP contribution in [0.2, 0.25) is 0 Å². The summed E-state index contributed by atoms with van der Waals surface area (Å²) in [6.07, 6.45) is 0.674. The Hall–Kier alpha value is -2.27. The van der Waals surface area contributed by atoms with Crippen molar-refractivity contribution < 1.29 is 14.6 Å². The van der Waals surface area contributed by atoms with Gasteiger partial charge in [0.15, 0.2) is 0 Å². The Morgan fingerprint density at radius 2 is 1.81 bits per heavy atom. The molecule has 0 aliphatic carbocycles. The smallest absolute Gasteiger partial charge is 0.411 e. The molecule has 1 unspecified atom stereocenters. The minimum atomic E-state index is -0.944. The summed E-state index contributed by atoms with van der Waals surface area (Å²) in [5.74, 6) is 0. The van der Waals surface area contributed by atoms with Crippen molar-refractivity contribution in [3.05, 3.63) is 65.7 Å². The normalized spacial score (nSPS) is 21.6. The second-order valence-corrected chi connectivity index (χ2v) is 8.25. The molecule has 2 aromatic rings. The Balaban J connectivity index is 1.85. The molecular weight excluding hydrogens is 337 g/mol. The van der Waals surface area contributed by atoms with Gasteiger partial charge in [-0.15, -0.1) is 0 Å². The molecule has 0 spiro atoms. The lowest BCUT2D eigenvalue weighted by Gasteiger charge is -2.45. The second kappa shape index (κ2) is 7.39. The fourth-order valence-electron chi connectivity index (χ4n) is 3.92. The molecule has 0 radical (unpaired) electrons. The number of amides is 1. The lowest BCUT2D eigenvalue weighted by Crippen LogP contribution is -2.51. The van der Waals surface area contributed by atoms with Crippen molar-refractivity contribution in [3.63, 3.8) is 0 Å². The largest absolute Gasteiger partial charge is 0.438 e. The fraction of sp³-hybridized carbons (Fsp3) is 0.409. The Kier molecular flexibility index (Phi) is 5.34. The predicted octanol–water partition coefficient (Wildman–Crippen LogP) is 2.90. The van der Waals surface area contributed by atoms with Gasteiger partial charge in [0, 0.05) is 19.4 Å². The number of aliphatic hydroxyl groups is 1. The minimum Gasteiger partial charge on any atom is -0.438 e. The minimum absolute atomic E-state index is 0.0611. The summed E-state index contributed by atoms with van der Waals surface area (Å²) in [5.41, 5.74) is 1.47. The number of rotatable bonds is 5. The van der Waals surface area contributed by atoms with E-state index in [0.29, 0.717) is 19.4 Å². The van der Waals surface area contributed by atoms with Crippen molar-refractivity contribution in [3.8, 4) is 0 Å². The lowest BCUT2D eigenvalue weighted by atomic mass is 9.80. The van der Waals surface area contributed by atoms with Crippen LogP contribution in [-0.4, -0.2) is 36.1 Å². The Bertz CT molecular complexity index is 785. The van der Waals surface area contributed by atoms with Gasteiger partial charge in [0.05, 0.1) is 11.6 Å². The van der Waals surface area contributed by atoms with Crippen molar-refractivity contribution in [1.29, 1.82) is 0 Å². The molecule has 1 saturated heterocycles. The maximum atomic E-state index is 13.0. The van der Waals surface area contributed by atoms with Crippen LogP contribution in [0.1, 0.15) is 50.8 Å². The number of cyclic esters (lactones) is 1. The first-order valence-electron chi connectivity index (χ1n) is 9.54. The van der Waals surface area contributed by atoms with Gasteiger partial charge in [-0.25, -0.2) is 4.79 Å². The van der Waals surface area contributed by atoms with Gasteiger partial charge >= 0.3 is 6.09 Å². The van der Waals surface area contributed by atoms with Crippen LogP contribution in [0.5, 0.6) is 0 Å². The zero-order valence-electron chi connectivity index (χ0n) is 16.6. The molecule has 4 nitrogen and oxygen atoms in total. The number of carbonyl (C=O) groups is 1. The van der Waals surface area contributed by atoms with Crippen molar-refractivity contribution in [1.82, 2.24) is 4.90 Å². The molecule has 0 aromatic heterocycles. The lowest BCUT2D eigenvalue weighted by molar-refractivity contribution is -0.101. The number of benzene rings is 2. The third-order valence-corrected chi connectivity index (χ3v) is 5.32. The average molecular weight is 365 g/mol.